The molecule has 0 radical (unpaired) electrons. The SMILES string of the molecule is CC(C)CC(NC(=O)/C=C/C(=O)N(C)C)c1ccccc1. The summed E-state index contributed by atoms with van der Waals surface area (Å²) in [6.45, 7) is 4.24. The van der Waals surface area contributed by atoms with E-state index in [4.69, 9.17) is 0 Å². The van der Waals surface area contributed by atoms with Crippen molar-refractivity contribution in [1.29, 1.82) is 0 Å². The Balaban J connectivity index is 2.73. The van der Waals surface area contributed by atoms with Crippen molar-refractivity contribution in [2.24, 2.45) is 5.92 Å². The van der Waals surface area contributed by atoms with Gasteiger partial charge in [0.25, 0.3) is 0 Å². The molecule has 114 valence electrons. The van der Waals surface area contributed by atoms with Crippen LogP contribution >= 0.6 is 0 Å². The van der Waals surface area contributed by atoms with E-state index in [1.54, 1.807) is 14.1 Å². The summed E-state index contributed by atoms with van der Waals surface area (Å²) in [7, 11) is 3.30. The molecule has 0 saturated heterocycles. The zero-order chi connectivity index (χ0) is 15.8. The quantitative estimate of drug-likeness (QED) is 0.818. The van der Waals surface area contributed by atoms with Crippen LogP contribution in [0.15, 0.2) is 42.5 Å². The average molecular weight is 288 g/mol. The number of carbonyl (C=O) groups excluding carboxylic acids is 2. The molecular weight excluding hydrogens is 264 g/mol. The lowest BCUT2D eigenvalue weighted by Crippen LogP contribution is -2.28. The zero-order valence-corrected chi connectivity index (χ0v) is 13.2. The molecule has 0 fully saturated rings. The Morgan fingerprint density at radius 2 is 1.76 bits per heavy atom. The van der Waals surface area contributed by atoms with Crippen molar-refractivity contribution in [3.63, 3.8) is 0 Å². The third kappa shape index (κ3) is 6.25. The molecule has 0 bridgehead atoms. The summed E-state index contributed by atoms with van der Waals surface area (Å²) in [6.07, 6.45) is 3.43. The number of rotatable bonds is 6. The largest absolute Gasteiger partial charge is 0.346 e. The second kappa shape index (κ2) is 8.25. The van der Waals surface area contributed by atoms with Gasteiger partial charge in [-0.05, 0) is 17.9 Å². The summed E-state index contributed by atoms with van der Waals surface area (Å²) in [4.78, 5) is 24.8. The van der Waals surface area contributed by atoms with Crippen molar-refractivity contribution in [3.8, 4) is 0 Å². The Labute approximate surface area is 126 Å². The summed E-state index contributed by atoms with van der Waals surface area (Å²) in [5.41, 5.74) is 1.08. The number of hydrogen-bond donors (Lipinski definition) is 1. The van der Waals surface area contributed by atoms with Crippen LogP contribution in [0.5, 0.6) is 0 Å². The predicted octanol–water partition coefficient (Wildman–Crippen LogP) is 2.53. The van der Waals surface area contributed by atoms with Crippen LogP contribution in [-0.4, -0.2) is 30.8 Å². The molecule has 0 aliphatic rings. The van der Waals surface area contributed by atoms with Crippen molar-refractivity contribution in [2.75, 3.05) is 14.1 Å². The molecule has 2 amide bonds. The summed E-state index contributed by atoms with van der Waals surface area (Å²) >= 11 is 0. The first-order valence-electron chi connectivity index (χ1n) is 7.15. The first-order chi connectivity index (χ1) is 9.90. The fourth-order valence-electron chi connectivity index (χ4n) is 1.95. The standard InChI is InChI=1S/C17H24N2O2/c1-13(2)12-15(14-8-6-5-7-9-14)18-16(20)10-11-17(21)19(3)4/h5-11,13,15H,12H2,1-4H3,(H,18,20)/b11-10+. The molecule has 1 aromatic rings. The van der Waals surface area contributed by atoms with Crippen LogP contribution in [0.4, 0.5) is 0 Å². The Morgan fingerprint density at radius 1 is 1.14 bits per heavy atom. The maximum Gasteiger partial charge on any atom is 0.246 e. The normalized spacial score (nSPS) is 12.4. The van der Waals surface area contributed by atoms with Crippen LogP contribution in [0.2, 0.25) is 0 Å². The van der Waals surface area contributed by atoms with Gasteiger partial charge >= 0.3 is 0 Å². The molecule has 0 heterocycles. The van der Waals surface area contributed by atoms with E-state index in [9.17, 15) is 9.59 Å². The number of nitrogens with zero attached hydrogens (tertiary/aromatic N) is 1. The fraction of sp³-hybridized carbons (Fsp3) is 0.412. The lowest BCUT2D eigenvalue weighted by atomic mass is 9.97. The van der Waals surface area contributed by atoms with E-state index in [0.717, 1.165) is 12.0 Å². The lowest BCUT2D eigenvalue weighted by Gasteiger charge is -2.20. The number of hydrogen-bond acceptors (Lipinski definition) is 2. The molecule has 4 nitrogen and oxygen atoms in total. The van der Waals surface area contributed by atoms with Crippen molar-refractivity contribution in [1.82, 2.24) is 10.2 Å². The molecule has 0 aromatic heterocycles. The molecular formula is C17H24N2O2. The van der Waals surface area contributed by atoms with E-state index < -0.39 is 0 Å². The van der Waals surface area contributed by atoms with Gasteiger partial charge in [0.05, 0.1) is 6.04 Å². The maximum absolute atomic E-state index is 12.0. The summed E-state index contributed by atoms with van der Waals surface area (Å²) in [6, 6.07) is 9.83. The Hall–Kier alpha value is -2.10. The van der Waals surface area contributed by atoms with Crippen LogP contribution in [0.1, 0.15) is 31.9 Å². The molecule has 1 unspecified atom stereocenters. The van der Waals surface area contributed by atoms with Crippen LogP contribution in [-0.2, 0) is 9.59 Å². The number of likely N-dealkylation sites (N-methyl/N-ethyl adjacent to an activating group) is 1. The van der Waals surface area contributed by atoms with Gasteiger partial charge in [-0.2, -0.15) is 0 Å². The zero-order valence-electron chi connectivity index (χ0n) is 13.2. The Bertz CT molecular complexity index is 493. The van der Waals surface area contributed by atoms with Crippen LogP contribution < -0.4 is 5.32 Å². The topological polar surface area (TPSA) is 49.4 Å². The first kappa shape index (κ1) is 17.0. The Kier molecular flexibility index (Phi) is 6.66. The smallest absolute Gasteiger partial charge is 0.246 e. The summed E-state index contributed by atoms with van der Waals surface area (Å²) < 4.78 is 0. The third-order valence-electron chi connectivity index (χ3n) is 3.04. The van der Waals surface area contributed by atoms with Gasteiger partial charge in [0.2, 0.25) is 11.8 Å². The van der Waals surface area contributed by atoms with E-state index in [-0.39, 0.29) is 17.9 Å². The van der Waals surface area contributed by atoms with E-state index >= 15 is 0 Å². The highest BCUT2D eigenvalue weighted by Gasteiger charge is 2.14. The van der Waals surface area contributed by atoms with Crippen molar-refractivity contribution in [2.45, 2.75) is 26.3 Å². The van der Waals surface area contributed by atoms with Gasteiger partial charge in [0, 0.05) is 26.2 Å². The van der Waals surface area contributed by atoms with Crippen LogP contribution in [0, 0.1) is 5.92 Å². The minimum absolute atomic E-state index is 0.0437. The highest BCUT2D eigenvalue weighted by Crippen LogP contribution is 2.20. The number of benzene rings is 1. The molecule has 4 heteroatoms. The molecule has 1 atom stereocenters. The average Bonchev–Trinajstić information content (AvgIpc) is 2.44. The monoisotopic (exact) mass is 288 g/mol. The maximum atomic E-state index is 12.0. The molecule has 21 heavy (non-hydrogen) atoms. The van der Waals surface area contributed by atoms with Gasteiger partial charge in [0.15, 0.2) is 0 Å². The van der Waals surface area contributed by atoms with Gasteiger partial charge in [0.1, 0.15) is 0 Å². The van der Waals surface area contributed by atoms with E-state index in [2.05, 4.69) is 19.2 Å². The molecule has 0 spiro atoms. The highest BCUT2D eigenvalue weighted by molar-refractivity contribution is 5.96. The van der Waals surface area contributed by atoms with E-state index in [1.807, 2.05) is 30.3 Å². The summed E-state index contributed by atoms with van der Waals surface area (Å²) in [5.74, 6) is 0.00728. The molecule has 0 saturated carbocycles. The molecule has 1 aromatic carbocycles. The van der Waals surface area contributed by atoms with Crippen molar-refractivity contribution in [3.05, 3.63) is 48.0 Å². The fourth-order valence-corrected chi connectivity index (χ4v) is 1.95. The van der Waals surface area contributed by atoms with E-state index in [1.165, 1.54) is 17.1 Å². The van der Waals surface area contributed by atoms with E-state index in [0.29, 0.717) is 5.92 Å². The number of carbonyl (C=O) groups is 2. The van der Waals surface area contributed by atoms with Crippen molar-refractivity contribution >= 4 is 11.8 Å². The molecule has 0 aliphatic heterocycles. The molecule has 0 aliphatic carbocycles. The number of nitrogens with one attached hydrogen (secondary N) is 1. The van der Waals surface area contributed by atoms with Gasteiger partial charge in [-0.1, -0.05) is 44.2 Å². The molecule has 1 N–H and O–H groups in total. The highest BCUT2D eigenvalue weighted by atomic mass is 16.2. The van der Waals surface area contributed by atoms with Crippen LogP contribution in [0.3, 0.4) is 0 Å². The molecule has 1 rings (SSSR count). The van der Waals surface area contributed by atoms with Crippen molar-refractivity contribution < 1.29 is 9.59 Å². The van der Waals surface area contributed by atoms with Gasteiger partial charge < -0.3 is 10.2 Å². The van der Waals surface area contributed by atoms with Gasteiger partial charge in [-0.25, -0.2) is 0 Å². The summed E-state index contributed by atoms with van der Waals surface area (Å²) in [5, 5.41) is 2.96. The third-order valence-corrected chi connectivity index (χ3v) is 3.04. The lowest BCUT2D eigenvalue weighted by molar-refractivity contribution is -0.124. The number of amides is 2. The van der Waals surface area contributed by atoms with Crippen LogP contribution in [0.25, 0.3) is 0 Å². The van der Waals surface area contributed by atoms with Gasteiger partial charge in [-0.15, -0.1) is 0 Å². The minimum Gasteiger partial charge on any atom is -0.346 e. The van der Waals surface area contributed by atoms with Gasteiger partial charge in [-0.3, -0.25) is 9.59 Å². The second-order valence-electron chi connectivity index (χ2n) is 5.67. The second-order valence-corrected chi connectivity index (χ2v) is 5.67. The first-order valence-corrected chi connectivity index (χ1v) is 7.15. The minimum atomic E-state index is -0.250. The Morgan fingerprint density at radius 3 is 2.29 bits per heavy atom. The predicted molar refractivity (Wildman–Crippen MR) is 84.6 cm³/mol.